The number of anilines is 2. The quantitative estimate of drug-likeness (QED) is 0.757. The Hall–Kier alpha value is -1.64. The number of nitrogens with one attached hydrogen (secondary N) is 2. The molecule has 0 aromatic carbocycles. The van der Waals surface area contributed by atoms with Crippen molar-refractivity contribution < 1.29 is 13.2 Å². The van der Waals surface area contributed by atoms with Gasteiger partial charge in [-0.05, 0) is 19.3 Å². The summed E-state index contributed by atoms with van der Waals surface area (Å²) >= 11 is 0. The topological polar surface area (TPSA) is 106 Å². The van der Waals surface area contributed by atoms with Crippen LogP contribution in [0.25, 0.3) is 0 Å². The first-order chi connectivity index (χ1) is 10.0. The SMILES string of the molecule is CCCNc1nc(NCC2CCCS2(=O)=O)nc(OC)n1. The van der Waals surface area contributed by atoms with Crippen LogP contribution in [-0.4, -0.2) is 54.6 Å². The molecule has 0 spiro atoms. The fraction of sp³-hybridized carbons (Fsp3) is 0.750. The number of hydrogen-bond acceptors (Lipinski definition) is 8. The Balaban J connectivity index is 2.04. The van der Waals surface area contributed by atoms with Crippen molar-refractivity contribution >= 4 is 21.7 Å². The number of aromatic nitrogens is 3. The summed E-state index contributed by atoms with van der Waals surface area (Å²) in [6.45, 7) is 3.09. The third-order valence-electron chi connectivity index (χ3n) is 3.28. The Kier molecular flexibility index (Phi) is 5.16. The lowest BCUT2D eigenvalue weighted by molar-refractivity contribution is 0.379. The number of nitrogens with zero attached hydrogens (tertiary/aromatic N) is 3. The van der Waals surface area contributed by atoms with Gasteiger partial charge in [0, 0.05) is 13.1 Å². The molecular formula is C12H21N5O3S. The zero-order valence-corrected chi connectivity index (χ0v) is 13.1. The fourth-order valence-corrected chi connectivity index (χ4v) is 3.90. The van der Waals surface area contributed by atoms with Gasteiger partial charge in [-0.15, -0.1) is 0 Å². The molecule has 2 N–H and O–H groups in total. The molecule has 1 unspecified atom stereocenters. The molecule has 21 heavy (non-hydrogen) atoms. The summed E-state index contributed by atoms with van der Waals surface area (Å²) in [6.07, 6.45) is 2.34. The summed E-state index contributed by atoms with van der Waals surface area (Å²) in [5.74, 6) is 1.01. The molecule has 8 nitrogen and oxygen atoms in total. The van der Waals surface area contributed by atoms with Crippen LogP contribution in [0, 0.1) is 0 Å². The second-order valence-electron chi connectivity index (χ2n) is 4.91. The molecule has 0 amide bonds. The van der Waals surface area contributed by atoms with E-state index in [2.05, 4.69) is 25.6 Å². The molecule has 1 atom stereocenters. The van der Waals surface area contributed by atoms with Crippen LogP contribution in [-0.2, 0) is 9.84 Å². The molecule has 2 heterocycles. The molecule has 1 fully saturated rings. The van der Waals surface area contributed by atoms with Crippen molar-refractivity contribution in [2.75, 3.05) is 36.6 Å². The van der Waals surface area contributed by atoms with Crippen LogP contribution in [0.15, 0.2) is 0 Å². The van der Waals surface area contributed by atoms with Crippen molar-refractivity contribution in [1.29, 1.82) is 0 Å². The van der Waals surface area contributed by atoms with Gasteiger partial charge < -0.3 is 15.4 Å². The van der Waals surface area contributed by atoms with E-state index >= 15 is 0 Å². The fourth-order valence-electron chi connectivity index (χ4n) is 2.14. The van der Waals surface area contributed by atoms with Crippen LogP contribution < -0.4 is 15.4 Å². The molecule has 9 heteroatoms. The van der Waals surface area contributed by atoms with Crippen molar-refractivity contribution in [2.24, 2.45) is 0 Å². The van der Waals surface area contributed by atoms with Gasteiger partial charge in [-0.3, -0.25) is 0 Å². The van der Waals surface area contributed by atoms with E-state index in [0.717, 1.165) is 19.4 Å². The molecule has 0 saturated carbocycles. The Morgan fingerprint density at radius 3 is 2.52 bits per heavy atom. The minimum Gasteiger partial charge on any atom is -0.467 e. The van der Waals surface area contributed by atoms with E-state index in [-0.39, 0.29) is 17.0 Å². The highest BCUT2D eigenvalue weighted by Gasteiger charge is 2.31. The summed E-state index contributed by atoms with van der Waals surface area (Å²) in [6, 6.07) is 0.195. The highest BCUT2D eigenvalue weighted by Crippen LogP contribution is 2.20. The summed E-state index contributed by atoms with van der Waals surface area (Å²) in [7, 11) is -1.50. The summed E-state index contributed by atoms with van der Waals surface area (Å²) < 4.78 is 28.6. The molecule has 1 aromatic heterocycles. The van der Waals surface area contributed by atoms with Gasteiger partial charge in [-0.2, -0.15) is 15.0 Å². The maximum atomic E-state index is 11.8. The van der Waals surface area contributed by atoms with E-state index in [4.69, 9.17) is 4.74 Å². The Morgan fingerprint density at radius 2 is 1.95 bits per heavy atom. The molecule has 1 aliphatic heterocycles. The van der Waals surface area contributed by atoms with Crippen molar-refractivity contribution in [2.45, 2.75) is 31.4 Å². The largest absolute Gasteiger partial charge is 0.467 e. The van der Waals surface area contributed by atoms with Crippen LogP contribution in [0.4, 0.5) is 11.9 Å². The molecule has 0 radical (unpaired) electrons. The number of rotatable bonds is 7. The minimum absolute atomic E-state index is 0.195. The van der Waals surface area contributed by atoms with Gasteiger partial charge in [0.15, 0.2) is 9.84 Å². The second kappa shape index (κ2) is 6.88. The number of hydrogen-bond donors (Lipinski definition) is 2. The van der Waals surface area contributed by atoms with Crippen molar-refractivity contribution in [3.8, 4) is 6.01 Å². The first-order valence-corrected chi connectivity index (χ1v) is 8.76. The highest BCUT2D eigenvalue weighted by atomic mass is 32.2. The zero-order valence-electron chi connectivity index (χ0n) is 12.3. The Bertz CT molecular complexity index is 578. The van der Waals surface area contributed by atoms with Crippen molar-refractivity contribution in [3.63, 3.8) is 0 Å². The monoisotopic (exact) mass is 315 g/mol. The van der Waals surface area contributed by atoms with Gasteiger partial charge in [0.2, 0.25) is 11.9 Å². The van der Waals surface area contributed by atoms with E-state index in [9.17, 15) is 8.42 Å². The summed E-state index contributed by atoms with van der Waals surface area (Å²) in [5.41, 5.74) is 0. The minimum atomic E-state index is -2.98. The first-order valence-electron chi connectivity index (χ1n) is 7.04. The zero-order chi connectivity index (χ0) is 15.3. The lowest BCUT2D eigenvalue weighted by Crippen LogP contribution is -2.26. The number of methoxy groups -OCH3 is 1. The highest BCUT2D eigenvalue weighted by molar-refractivity contribution is 7.92. The lowest BCUT2D eigenvalue weighted by atomic mass is 10.2. The van der Waals surface area contributed by atoms with Crippen molar-refractivity contribution in [1.82, 2.24) is 15.0 Å². The molecule has 0 bridgehead atoms. The summed E-state index contributed by atoms with van der Waals surface area (Å²) in [4.78, 5) is 12.4. The van der Waals surface area contributed by atoms with Gasteiger partial charge >= 0.3 is 6.01 Å². The van der Waals surface area contributed by atoms with E-state index < -0.39 is 9.84 Å². The number of ether oxygens (including phenoxy) is 1. The number of sulfone groups is 1. The first kappa shape index (κ1) is 15.7. The van der Waals surface area contributed by atoms with Gasteiger partial charge in [0.05, 0.1) is 18.1 Å². The van der Waals surface area contributed by atoms with E-state index in [1.54, 1.807) is 0 Å². The smallest absolute Gasteiger partial charge is 0.322 e. The predicted octanol–water partition coefficient (Wildman–Crippen LogP) is 0.691. The van der Waals surface area contributed by atoms with Crippen LogP contribution in [0.5, 0.6) is 6.01 Å². The summed E-state index contributed by atoms with van der Waals surface area (Å²) in [5, 5.41) is 5.66. The van der Waals surface area contributed by atoms with Gasteiger partial charge in [-0.1, -0.05) is 6.92 Å². The van der Waals surface area contributed by atoms with Crippen molar-refractivity contribution in [3.05, 3.63) is 0 Å². The standard InChI is InChI=1S/C12H21N5O3S/c1-3-6-13-10-15-11(17-12(16-10)20-2)14-8-9-5-4-7-21(9,18)19/h9H,3-8H2,1-2H3,(H2,13,14,15,16,17). The third-order valence-corrected chi connectivity index (χ3v) is 5.56. The second-order valence-corrected chi connectivity index (χ2v) is 7.31. The molecule has 1 aliphatic rings. The molecule has 118 valence electrons. The Morgan fingerprint density at radius 1 is 1.24 bits per heavy atom. The van der Waals surface area contributed by atoms with Crippen LogP contribution in [0.2, 0.25) is 0 Å². The van der Waals surface area contributed by atoms with E-state index in [0.29, 0.717) is 24.9 Å². The lowest BCUT2D eigenvalue weighted by Gasteiger charge is -2.12. The normalized spacial score (nSPS) is 20.2. The predicted molar refractivity (Wildman–Crippen MR) is 80.5 cm³/mol. The molecule has 2 rings (SSSR count). The third kappa shape index (κ3) is 4.16. The molecule has 1 aromatic rings. The molecule has 1 saturated heterocycles. The Labute approximate surface area is 124 Å². The van der Waals surface area contributed by atoms with E-state index in [1.165, 1.54) is 7.11 Å². The maximum absolute atomic E-state index is 11.8. The average Bonchev–Trinajstić information content (AvgIpc) is 2.81. The molecule has 0 aliphatic carbocycles. The van der Waals surface area contributed by atoms with Gasteiger partial charge in [0.1, 0.15) is 0 Å². The van der Waals surface area contributed by atoms with E-state index in [1.807, 2.05) is 6.92 Å². The van der Waals surface area contributed by atoms with Crippen LogP contribution in [0.1, 0.15) is 26.2 Å². The molecular weight excluding hydrogens is 294 g/mol. The van der Waals surface area contributed by atoms with Gasteiger partial charge in [-0.25, -0.2) is 8.42 Å². The average molecular weight is 315 g/mol. The maximum Gasteiger partial charge on any atom is 0.322 e. The van der Waals surface area contributed by atoms with Gasteiger partial charge in [0.25, 0.3) is 0 Å². The van der Waals surface area contributed by atoms with Crippen LogP contribution >= 0.6 is 0 Å². The van der Waals surface area contributed by atoms with Crippen LogP contribution in [0.3, 0.4) is 0 Å².